The summed E-state index contributed by atoms with van der Waals surface area (Å²) in [5.74, 6) is 0.232. The molecule has 0 aliphatic carbocycles. The van der Waals surface area contributed by atoms with Crippen molar-refractivity contribution in [2.75, 3.05) is 0 Å². The van der Waals surface area contributed by atoms with Crippen LogP contribution >= 0.6 is 0 Å². The van der Waals surface area contributed by atoms with Crippen LogP contribution < -0.4 is 0 Å². The lowest BCUT2D eigenvalue weighted by molar-refractivity contribution is -0.468. The third-order valence-corrected chi connectivity index (χ3v) is 3.41. The molecule has 2 rings (SSSR count). The Morgan fingerprint density at radius 3 is 2.62 bits per heavy atom. The van der Waals surface area contributed by atoms with Crippen LogP contribution in [0.15, 0.2) is 36.7 Å². The minimum absolute atomic E-state index is 0.0714. The standard InChI is InChI=1S/C13H15NO2/c1-9-13(3,4)11-7-5-6-8-12(11)14(9)10(2)16-15/h5-8H,2H2,1,3-4H3/p+1. The molecule has 1 aromatic rings. The maximum Gasteiger partial charge on any atom is 0.398 e. The number of para-hydroxylation sites is 1. The van der Waals surface area contributed by atoms with Gasteiger partial charge in [-0.1, -0.05) is 18.2 Å². The summed E-state index contributed by atoms with van der Waals surface area (Å²) < 4.78 is 1.84. The van der Waals surface area contributed by atoms with Gasteiger partial charge in [-0.2, -0.15) is 5.26 Å². The van der Waals surface area contributed by atoms with E-state index in [1.165, 1.54) is 5.56 Å². The van der Waals surface area contributed by atoms with Gasteiger partial charge in [-0.25, -0.2) is 0 Å². The summed E-state index contributed by atoms with van der Waals surface area (Å²) in [4.78, 5) is 4.27. The molecule has 0 amide bonds. The summed E-state index contributed by atoms with van der Waals surface area (Å²) in [6.45, 7) is 10.0. The van der Waals surface area contributed by atoms with Gasteiger partial charge in [0.25, 0.3) is 0 Å². The van der Waals surface area contributed by atoms with Gasteiger partial charge in [-0.05, 0) is 13.8 Å². The Balaban J connectivity index is 2.69. The maximum atomic E-state index is 8.75. The third kappa shape index (κ3) is 1.28. The van der Waals surface area contributed by atoms with Crippen LogP contribution in [0.25, 0.3) is 0 Å². The van der Waals surface area contributed by atoms with Crippen molar-refractivity contribution >= 4 is 11.4 Å². The minimum atomic E-state index is -0.0714. The molecule has 84 valence electrons. The largest absolute Gasteiger partial charge is 0.398 e. The van der Waals surface area contributed by atoms with Crippen LogP contribution in [0.2, 0.25) is 0 Å². The summed E-state index contributed by atoms with van der Waals surface area (Å²) in [7, 11) is 0. The Kier molecular flexibility index (Phi) is 2.35. The second kappa shape index (κ2) is 3.46. The molecule has 0 saturated heterocycles. The Morgan fingerprint density at radius 2 is 2.00 bits per heavy atom. The van der Waals surface area contributed by atoms with E-state index in [0.29, 0.717) is 0 Å². The molecule has 0 spiro atoms. The highest BCUT2D eigenvalue weighted by Crippen LogP contribution is 2.40. The highest BCUT2D eigenvalue weighted by atomic mass is 17.1. The van der Waals surface area contributed by atoms with E-state index in [1.54, 1.807) is 0 Å². The Bertz CT molecular complexity index is 486. The van der Waals surface area contributed by atoms with Crippen molar-refractivity contribution in [1.29, 1.82) is 0 Å². The van der Waals surface area contributed by atoms with Gasteiger partial charge in [0.1, 0.15) is 0 Å². The lowest BCUT2D eigenvalue weighted by atomic mass is 9.82. The molecule has 0 aromatic heterocycles. The van der Waals surface area contributed by atoms with E-state index in [0.717, 1.165) is 11.4 Å². The van der Waals surface area contributed by atoms with E-state index < -0.39 is 0 Å². The first-order chi connectivity index (χ1) is 7.50. The smallest absolute Gasteiger partial charge is 0.274 e. The predicted octanol–water partition coefficient (Wildman–Crippen LogP) is 3.04. The Hall–Kier alpha value is -1.61. The molecule has 0 atom stereocenters. The first kappa shape index (κ1) is 10.9. The predicted molar refractivity (Wildman–Crippen MR) is 62.9 cm³/mol. The summed E-state index contributed by atoms with van der Waals surface area (Å²) >= 11 is 0. The van der Waals surface area contributed by atoms with E-state index in [4.69, 9.17) is 5.26 Å². The van der Waals surface area contributed by atoms with Gasteiger partial charge in [0.05, 0.1) is 5.41 Å². The van der Waals surface area contributed by atoms with Gasteiger partial charge in [0.2, 0.25) is 5.69 Å². The second-order valence-electron chi connectivity index (χ2n) is 4.55. The molecule has 1 aliphatic heterocycles. The molecule has 3 nitrogen and oxygen atoms in total. The monoisotopic (exact) mass is 218 g/mol. The zero-order chi connectivity index (χ0) is 11.9. The molecule has 1 aliphatic rings. The summed E-state index contributed by atoms with van der Waals surface area (Å²) in [5.41, 5.74) is 3.25. The molecule has 16 heavy (non-hydrogen) atoms. The molecule has 0 fully saturated rings. The molecular formula is C13H16NO2+. The molecule has 0 bridgehead atoms. The van der Waals surface area contributed by atoms with E-state index >= 15 is 0 Å². The normalized spacial score (nSPS) is 17.2. The number of nitrogens with zero attached hydrogens (tertiary/aromatic N) is 1. The van der Waals surface area contributed by atoms with Crippen LogP contribution in [0.4, 0.5) is 5.69 Å². The average molecular weight is 218 g/mol. The molecule has 1 aromatic carbocycles. The van der Waals surface area contributed by atoms with Crippen molar-refractivity contribution in [3.63, 3.8) is 0 Å². The highest BCUT2D eigenvalue weighted by Gasteiger charge is 2.44. The van der Waals surface area contributed by atoms with Crippen LogP contribution in [-0.2, 0) is 10.3 Å². The first-order valence-electron chi connectivity index (χ1n) is 5.24. The zero-order valence-corrected chi connectivity index (χ0v) is 9.82. The van der Waals surface area contributed by atoms with E-state index in [-0.39, 0.29) is 11.3 Å². The van der Waals surface area contributed by atoms with Crippen LogP contribution in [0, 0.1) is 0 Å². The average Bonchev–Trinajstić information content (AvgIpc) is 2.48. The van der Waals surface area contributed by atoms with Gasteiger partial charge in [-0.15, -0.1) is 4.58 Å². The lowest BCUT2D eigenvalue weighted by Gasteiger charge is -2.14. The minimum Gasteiger partial charge on any atom is -0.274 e. The molecule has 0 radical (unpaired) electrons. The maximum absolute atomic E-state index is 8.75. The number of fused-ring (bicyclic) bond motifs is 1. The van der Waals surface area contributed by atoms with Crippen molar-refractivity contribution in [2.24, 2.45) is 0 Å². The van der Waals surface area contributed by atoms with Gasteiger partial charge in [-0.3, -0.25) is 4.89 Å². The van der Waals surface area contributed by atoms with E-state index in [9.17, 15) is 0 Å². The Labute approximate surface area is 95.2 Å². The fourth-order valence-corrected chi connectivity index (χ4v) is 2.21. The fourth-order valence-electron chi connectivity index (χ4n) is 2.21. The fraction of sp³-hybridized carbons (Fsp3) is 0.308. The summed E-state index contributed by atoms with van der Waals surface area (Å²) in [6.07, 6.45) is 0. The van der Waals surface area contributed by atoms with Gasteiger partial charge < -0.3 is 0 Å². The SMILES string of the molecule is C=C(OO)[N+]1=C(C)C(C)(C)c2ccccc21. The van der Waals surface area contributed by atoms with Crippen LogP contribution in [0.5, 0.6) is 0 Å². The molecule has 0 unspecified atom stereocenters. The van der Waals surface area contributed by atoms with E-state index in [2.05, 4.69) is 31.4 Å². The second-order valence-corrected chi connectivity index (χ2v) is 4.55. The van der Waals surface area contributed by atoms with Crippen molar-refractivity contribution in [3.8, 4) is 0 Å². The number of hydrogen-bond acceptors (Lipinski definition) is 2. The number of benzene rings is 1. The third-order valence-electron chi connectivity index (χ3n) is 3.41. The molecule has 1 heterocycles. The van der Waals surface area contributed by atoms with E-state index in [1.807, 2.05) is 29.7 Å². The summed E-state index contributed by atoms with van der Waals surface area (Å²) in [5, 5.41) is 8.75. The Morgan fingerprint density at radius 1 is 1.38 bits per heavy atom. The van der Waals surface area contributed by atoms with Crippen molar-refractivity contribution in [1.82, 2.24) is 0 Å². The van der Waals surface area contributed by atoms with Gasteiger partial charge >= 0.3 is 5.88 Å². The zero-order valence-electron chi connectivity index (χ0n) is 9.82. The van der Waals surface area contributed by atoms with Gasteiger partial charge in [0, 0.05) is 25.1 Å². The quantitative estimate of drug-likeness (QED) is 0.358. The first-order valence-corrected chi connectivity index (χ1v) is 5.24. The van der Waals surface area contributed by atoms with Crippen LogP contribution in [-0.4, -0.2) is 15.5 Å². The van der Waals surface area contributed by atoms with Gasteiger partial charge in [0.15, 0.2) is 5.71 Å². The number of rotatable bonds is 2. The highest BCUT2D eigenvalue weighted by molar-refractivity contribution is 5.93. The van der Waals surface area contributed by atoms with Crippen molar-refractivity contribution < 1.29 is 14.7 Å². The molecule has 3 heteroatoms. The topological polar surface area (TPSA) is 32.5 Å². The summed E-state index contributed by atoms with van der Waals surface area (Å²) in [6, 6.07) is 8.06. The molecular weight excluding hydrogens is 202 g/mol. The lowest BCUT2D eigenvalue weighted by Crippen LogP contribution is -2.26. The van der Waals surface area contributed by atoms with Crippen LogP contribution in [0.3, 0.4) is 0 Å². The number of hydrogen-bond donors (Lipinski definition) is 1. The van der Waals surface area contributed by atoms with Crippen molar-refractivity contribution in [2.45, 2.75) is 26.2 Å². The molecule has 1 N–H and O–H groups in total. The van der Waals surface area contributed by atoms with Crippen LogP contribution in [0.1, 0.15) is 26.3 Å². The van der Waals surface area contributed by atoms with Crippen molar-refractivity contribution in [3.05, 3.63) is 42.3 Å². The molecule has 0 saturated carbocycles.